The number of fused-ring (bicyclic) bond motifs is 1. The number of carbonyl (C=O) groups excluding carboxylic acids is 1. The number of halogens is 2. The van der Waals surface area contributed by atoms with Crippen LogP contribution in [0.1, 0.15) is 33.6 Å². The van der Waals surface area contributed by atoms with Crippen LogP contribution in [0.4, 0.5) is 5.82 Å². The number of rotatable bonds is 2. The number of hydrogen-bond donors (Lipinski definition) is 1. The van der Waals surface area contributed by atoms with E-state index in [9.17, 15) is 4.79 Å². The van der Waals surface area contributed by atoms with Gasteiger partial charge >= 0.3 is 0 Å². The standard InChI is InChI=1S/C15H18BrClN2O/c1-13(2)14(3)6-7-15(13,11(14)16)12(20)19-10-5-4-9(17)8-18-10/h4-5,8,11H,6-7H2,1-3H3,(H,18,19,20). The molecule has 3 fully saturated rings. The first kappa shape index (κ1) is 14.3. The minimum Gasteiger partial charge on any atom is -0.310 e. The molecule has 3 aliphatic carbocycles. The lowest BCUT2D eigenvalue weighted by molar-refractivity contribution is -0.156. The number of amides is 1. The van der Waals surface area contributed by atoms with Crippen molar-refractivity contribution in [2.45, 2.75) is 38.4 Å². The van der Waals surface area contributed by atoms with Crippen LogP contribution in [0, 0.1) is 16.2 Å². The van der Waals surface area contributed by atoms with Crippen LogP contribution >= 0.6 is 27.5 Å². The summed E-state index contributed by atoms with van der Waals surface area (Å²) in [6, 6.07) is 3.47. The van der Waals surface area contributed by atoms with Gasteiger partial charge in [0.25, 0.3) is 0 Å². The molecule has 1 amide bonds. The van der Waals surface area contributed by atoms with Gasteiger partial charge in [0, 0.05) is 11.0 Å². The molecule has 4 rings (SSSR count). The second kappa shape index (κ2) is 4.20. The molecule has 0 aliphatic heterocycles. The summed E-state index contributed by atoms with van der Waals surface area (Å²) in [6.45, 7) is 6.67. The molecule has 5 heteroatoms. The maximum absolute atomic E-state index is 12.8. The first-order valence-corrected chi connectivity index (χ1v) is 8.12. The quantitative estimate of drug-likeness (QED) is 0.803. The SMILES string of the molecule is CC12CCC(C(=O)Nc3ccc(Cl)cn3)(C1Br)C2(C)C. The van der Waals surface area contributed by atoms with E-state index in [1.807, 2.05) is 0 Å². The van der Waals surface area contributed by atoms with Gasteiger partial charge in [0.1, 0.15) is 5.82 Å². The molecule has 3 aliphatic rings. The highest BCUT2D eigenvalue weighted by molar-refractivity contribution is 9.09. The lowest BCUT2D eigenvalue weighted by Crippen LogP contribution is -2.68. The number of hydrogen-bond acceptors (Lipinski definition) is 2. The minimum atomic E-state index is -0.344. The Kier molecular flexibility index (Phi) is 3.01. The zero-order valence-electron chi connectivity index (χ0n) is 11.8. The topological polar surface area (TPSA) is 42.0 Å². The maximum atomic E-state index is 12.8. The van der Waals surface area contributed by atoms with Gasteiger partial charge in [-0.15, -0.1) is 0 Å². The van der Waals surface area contributed by atoms with Crippen molar-refractivity contribution >= 4 is 39.3 Å². The van der Waals surface area contributed by atoms with Gasteiger partial charge in [0.2, 0.25) is 5.91 Å². The number of carbonyl (C=O) groups is 1. The molecule has 0 saturated heterocycles. The Morgan fingerprint density at radius 2 is 2.10 bits per heavy atom. The number of nitrogens with zero attached hydrogens (tertiary/aromatic N) is 1. The van der Waals surface area contributed by atoms with E-state index in [0.717, 1.165) is 12.8 Å². The molecule has 2 bridgehead atoms. The Bertz CT molecular complexity index is 574. The number of aromatic nitrogens is 1. The smallest absolute Gasteiger partial charge is 0.233 e. The molecule has 20 heavy (non-hydrogen) atoms. The van der Waals surface area contributed by atoms with E-state index < -0.39 is 0 Å². The number of alkyl halides is 1. The summed E-state index contributed by atoms with van der Waals surface area (Å²) in [4.78, 5) is 17.2. The van der Waals surface area contributed by atoms with E-state index in [-0.39, 0.29) is 27.0 Å². The Labute approximate surface area is 132 Å². The zero-order valence-corrected chi connectivity index (χ0v) is 14.2. The molecule has 3 unspecified atom stereocenters. The van der Waals surface area contributed by atoms with Crippen LogP contribution in [-0.2, 0) is 4.79 Å². The molecule has 3 saturated carbocycles. The van der Waals surface area contributed by atoms with Crippen molar-refractivity contribution in [3.05, 3.63) is 23.4 Å². The van der Waals surface area contributed by atoms with Crippen molar-refractivity contribution < 1.29 is 4.79 Å². The molecule has 3 atom stereocenters. The molecular formula is C15H18BrClN2O. The lowest BCUT2D eigenvalue weighted by atomic mass is 9.43. The maximum Gasteiger partial charge on any atom is 0.233 e. The molecular weight excluding hydrogens is 340 g/mol. The average Bonchev–Trinajstić information content (AvgIpc) is 2.80. The Hall–Kier alpha value is -0.610. The summed E-state index contributed by atoms with van der Waals surface area (Å²) in [5.41, 5.74) is -0.161. The van der Waals surface area contributed by atoms with Crippen molar-refractivity contribution in [3.63, 3.8) is 0 Å². The van der Waals surface area contributed by atoms with Crippen LogP contribution in [0.3, 0.4) is 0 Å². The van der Waals surface area contributed by atoms with Gasteiger partial charge in [0.15, 0.2) is 0 Å². The molecule has 1 aromatic rings. The predicted molar refractivity (Wildman–Crippen MR) is 84.1 cm³/mol. The first-order valence-electron chi connectivity index (χ1n) is 6.83. The summed E-state index contributed by atoms with van der Waals surface area (Å²) in [5.74, 6) is 0.624. The molecule has 108 valence electrons. The van der Waals surface area contributed by atoms with E-state index in [1.54, 1.807) is 18.3 Å². The van der Waals surface area contributed by atoms with Gasteiger partial charge in [-0.1, -0.05) is 48.3 Å². The Balaban J connectivity index is 1.86. The normalized spacial score (nSPS) is 37.4. The average molecular weight is 358 g/mol. The fourth-order valence-corrected chi connectivity index (χ4v) is 6.06. The second-order valence-corrected chi connectivity index (χ2v) is 8.04. The van der Waals surface area contributed by atoms with Gasteiger partial charge < -0.3 is 5.32 Å². The highest BCUT2D eigenvalue weighted by atomic mass is 79.9. The van der Waals surface area contributed by atoms with E-state index >= 15 is 0 Å². The van der Waals surface area contributed by atoms with E-state index in [4.69, 9.17) is 11.6 Å². The third kappa shape index (κ3) is 1.47. The van der Waals surface area contributed by atoms with Gasteiger partial charge in [0.05, 0.1) is 10.4 Å². The van der Waals surface area contributed by atoms with Crippen molar-refractivity contribution in [1.29, 1.82) is 0 Å². The zero-order chi connectivity index (χ0) is 14.8. The van der Waals surface area contributed by atoms with Crippen molar-refractivity contribution in [2.24, 2.45) is 16.2 Å². The molecule has 0 aromatic carbocycles. The van der Waals surface area contributed by atoms with Gasteiger partial charge in [-0.25, -0.2) is 4.98 Å². The molecule has 3 nitrogen and oxygen atoms in total. The third-order valence-corrected chi connectivity index (χ3v) is 7.96. The number of anilines is 1. The van der Waals surface area contributed by atoms with Crippen molar-refractivity contribution in [2.75, 3.05) is 5.32 Å². The van der Waals surface area contributed by atoms with Crippen LogP contribution in [0.15, 0.2) is 18.3 Å². The van der Waals surface area contributed by atoms with Crippen molar-refractivity contribution in [1.82, 2.24) is 4.98 Å². The monoisotopic (exact) mass is 356 g/mol. The molecule has 1 aromatic heterocycles. The summed E-state index contributed by atoms with van der Waals surface area (Å²) in [5, 5.41) is 3.52. The molecule has 1 N–H and O–H groups in total. The largest absolute Gasteiger partial charge is 0.310 e. The highest BCUT2D eigenvalue weighted by Gasteiger charge is 2.80. The van der Waals surface area contributed by atoms with Crippen LogP contribution in [0.5, 0.6) is 0 Å². The minimum absolute atomic E-state index is 0.00925. The second-order valence-electron chi connectivity index (χ2n) is 6.69. The summed E-state index contributed by atoms with van der Waals surface area (Å²) < 4.78 is 0. The van der Waals surface area contributed by atoms with Gasteiger partial charge in [-0.3, -0.25) is 4.79 Å². The summed E-state index contributed by atoms with van der Waals surface area (Å²) >= 11 is 9.58. The molecule has 0 spiro atoms. The number of nitrogens with one attached hydrogen (secondary N) is 1. The highest BCUT2D eigenvalue weighted by Crippen LogP contribution is 2.79. The van der Waals surface area contributed by atoms with E-state index in [2.05, 4.69) is 47.0 Å². The Morgan fingerprint density at radius 3 is 2.55 bits per heavy atom. The predicted octanol–water partition coefficient (Wildman–Crippen LogP) is 4.26. The number of pyridine rings is 1. The van der Waals surface area contributed by atoms with E-state index in [0.29, 0.717) is 10.8 Å². The first-order chi connectivity index (χ1) is 9.25. The lowest BCUT2D eigenvalue weighted by Gasteiger charge is -2.64. The van der Waals surface area contributed by atoms with Gasteiger partial charge in [-0.05, 0) is 35.8 Å². The van der Waals surface area contributed by atoms with Crippen LogP contribution in [0.2, 0.25) is 5.02 Å². The summed E-state index contributed by atoms with van der Waals surface area (Å²) in [6.07, 6.45) is 3.55. The van der Waals surface area contributed by atoms with Crippen molar-refractivity contribution in [3.8, 4) is 0 Å². The van der Waals surface area contributed by atoms with Crippen LogP contribution < -0.4 is 5.32 Å². The molecule has 0 radical (unpaired) electrons. The fourth-order valence-electron chi connectivity index (χ4n) is 4.13. The van der Waals surface area contributed by atoms with Crippen LogP contribution in [-0.4, -0.2) is 15.7 Å². The van der Waals surface area contributed by atoms with E-state index in [1.165, 1.54) is 0 Å². The summed E-state index contributed by atoms with van der Waals surface area (Å²) in [7, 11) is 0. The van der Waals surface area contributed by atoms with Gasteiger partial charge in [-0.2, -0.15) is 0 Å². The third-order valence-electron chi connectivity index (χ3n) is 5.95. The Morgan fingerprint density at radius 1 is 1.40 bits per heavy atom. The molecule has 1 heterocycles. The fraction of sp³-hybridized carbons (Fsp3) is 0.600. The van der Waals surface area contributed by atoms with Crippen LogP contribution in [0.25, 0.3) is 0 Å².